The molecule has 0 saturated carbocycles. The predicted molar refractivity (Wildman–Crippen MR) is 95.5 cm³/mol. The van der Waals surface area contributed by atoms with Crippen LogP contribution in [0.1, 0.15) is 11.1 Å². The van der Waals surface area contributed by atoms with Crippen molar-refractivity contribution in [2.24, 2.45) is 0 Å². The number of aryl methyl sites for hydroxylation is 1. The van der Waals surface area contributed by atoms with Crippen LogP contribution in [0.5, 0.6) is 0 Å². The van der Waals surface area contributed by atoms with Gasteiger partial charge in [0.25, 0.3) is 0 Å². The third-order valence-electron chi connectivity index (χ3n) is 3.61. The Hall–Kier alpha value is -2.88. The summed E-state index contributed by atoms with van der Waals surface area (Å²) in [6, 6.07) is 20.6. The van der Waals surface area contributed by atoms with Crippen LogP contribution in [0.2, 0.25) is 0 Å². The van der Waals surface area contributed by atoms with Gasteiger partial charge in [-0.05, 0) is 12.5 Å². The van der Waals surface area contributed by atoms with Gasteiger partial charge in [-0.3, -0.25) is 0 Å². The van der Waals surface area contributed by atoms with Crippen LogP contribution in [0.3, 0.4) is 0 Å². The fraction of sp³-hybridized carbons (Fsp3) is 0.158. The fourth-order valence-electron chi connectivity index (χ4n) is 2.30. The van der Waals surface area contributed by atoms with Crippen molar-refractivity contribution in [2.45, 2.75) is 13.5 Å². The molecule has 4 nitrogen and oxygen atoms in total. The number of hydrogen-bond donors (Lipinski definition) is 2. The van der Waals surface area contributed by atoms with E-state index in [9.17, 15) is 0 Å². The quantitative estimate of drug-likeness (QED) is 0.745. The van der Waals surface area contributed by atoms with Gasteiger partial charge in [-0.1, -0.05) is 60.2 Å². The second kappa shape index (κ2) is 6.92. The molecule has 116 valence electrons. The zero-order valence-electron chi connectivity index (χ0n) is 13.4. The number of aromatic nitrogens is 2. The van der Waals surface area contributed by atoms with Crippen LogP contribution in [0.15, 0.2) is 60.7 Å². The van der Waals surface area contributed by atoms with E-state index in [1.54, 1.807) is 0 Å². The van der Waals surface area contributed by atoms with E-state index in [0.717, 1.165) is 23.6 Å². The lowest BCUT2D eigenvalue weighted by Gasteiger charge is -2.10. The van der Waals surface area contributed by atoms with E-state index in [1.165, 1.54) is 11.1 Å². The summed E-state index contributed by atoms with van der Waals surface area (Å²) in [5.74, 6) is 1.42. The minimum atomic E-state index is 0.609. The Morgan fingerprint density at radius 2 is 1.65 bits per heavy atom. The summed E-state index contributed by atoms with van der Waals surface area (Å²) < 4.78 is 0. The van der Waals surface area contributed by atoms with Crippen molar-refractivity contribution in [3.63, 3.8) is 0 Å². The zero-order chi connectivity index (χ0) is 16.1. The maximum Gasteiger partial charge on any atom is 0.224 e. The summed E-state index contributed by atoms with van der Waals surface area (Å²) >= 11 is 0. The lowest BCUT2D eigenvalue weighted by molar-refractivity contribution is 1.08. The van der Waals surface area contributed by atoms with Crippen molar-refractivity contribution < 1.29 is 0 Å². The van der Waals surface area contributed by atoms with Crippen molar-refractivity contribution in [1.82, 2.24) is 9.97 Å². The SMILES string of the molecule is CNc1nc(NCc2ccc(C)cc2)cc(-c2ccccc2)n1. The van der Waals surface area contributed by atoms with Gasteiger partial charge in [0.15, 0.2) is 0 Å². The highest BCUT2D eigenvalue weighted by Crippen LogP contribution is 2.21. The van der Waals surface area contributed by atoms with E-state index < -0.39 is 0 Å². The first kappa shape index (κ1) is 15.0. The fourth-order valence-corrected chi connectivity index (χ4v) is 2.30. The van der Waals surface area contributed by atoms with Gasteiger partial charge in [0, 0.05) is 25.2 Å². The Morgan fingerprint density at radius 1 is 0.913 bits per heavy atom. The first-order valence-electron chi connectivity index (χ1n) is 7.66. The van der Waals surface area contributed by atoms with Gasteiger partial charge in [-0.15, -0.1) is 0 Å². The molecule has 2 N–H and O–H groups in total. The van der Waals surface area contributed by atoms with Gasteiger partial charge in [-0.2, -0.15) is 4.98 Å². The van der Waals surface area contributed by atoms with Crippen LogP contribution in [0, 0.1) is 6.92 Å². The number of nitrogens with one attached hydrogen (secondary N) is 2. The second-order valence-corrected chi connectivity index (χ2v) is 5.42. The molecule has 3 rings (SSSR count). The predicted octanol–water partition coefficient (Wildman–Crippen LogP) is 4.11. The largest absolute Gasteiger partial charge is 0.366 e. The van der Waals surface area contributed by atoms with Crippen LogP contribution in [0.25, 0.3) is 11.3 Å². The summed E-state index contributed by atoms with van der Waals surface area (Å²) in [7, 11) is 1.83. The van der Waals surface area contributed by atoms with Gasteiger partial charge < -0.3 is 10.6 Å². The van der Waals surface area contributed by atoms with E-state index in [1.807, 2.05) is 43.4 Å². The van der Waals surface area contributed by atoms with Gasteiger partial charge in [0.1, 0.15) is 5.82 Å². The van der Waals surface area contributed by atoms with Crippen LogP contribution in [0.4, 0.5) is 11.8 Å². The zero-order valence-corrected chi connectivity index (χ0v) is 13.4. The highest BCUT2D eigenvalue weighted by molar-refractivity contribution is 5.64. The first-order chi connectivity index (χ1) is 11.2. The van der Waals surface area contributed by atoms with Crippen molar-refractivity contribution in [1.29, 1.82) is 0 Å². The van der Waals surface area contributed by atoms with Gasteiger partial charge in [-0.25, -0.2) is 4.98 Å². The molecule has 0 aliphatic carbocycles. The molecule has 0 amide bonds. The Bertz CT molecular complexity index is 767. The van der Waals surface area contributed by atoms with Crippen LogP contribution in [-0.2, 0) is 6.54 Å². The third kappa shape index (κ3) is 3.86. The molecule has 23 heavy (non-hydrogen) atoms. The summed E-state index contributed by atoms with van der Waals surface area (Å²) in [4.78, 5) is 9.00. The summed E-state index contributed by atoms with van der Waals surface area (Å²) in [5, 5.41) is 6.40. The molecule has 0 saturated heterocycles. The molecule has 0 unspecified atom stereocenters. The number of hydrogen-bond acceptors (Lipinski definition) is 4. The Balaban J connectivity index is 1.82. The van der Waals surface area contributed by atoms with Gasteiger partial charge in [0.05, 0.1) is 5.69 Å². The molecule has 0 aliphatic heterocycles. The van der Waals surface area contributed by atoms with Crippen LogP contribution >= 0.6 is 0 Å². The van der Waals surface area contributed by atoms with E-state index in [0.29, 0.717) is 5.95 Å². The maximum atomic E-state index is 4.53. The van der Waals surface area contributed by atoms with E-state index in [-0.39, 0.29) is 0 Å². The van der Waals surface area contributed by atoms with E-state index in [2.05, 4.69) is 51.8 Å². The molecule has 0 radical (unpaired) electrons. The molecular weight excluding hydrogens is 284 g/mol. The lowest BCUT2D eigenvalue weighted by Crippen LogP contribution is -2.05. The van der Waals surface area contributed by atoms with Crippen LogP contribution < -0.4 is 10.6 Å². The normalized spacial score (nSPS) is 10.3. The average molecular weight is 304 g/mol. The van der Waals surface area contributed by atoms with Crippen LogP contribution in [-0.4, -0.2) is 17.0 Å². The summed E-state index contributed by atoms with van der Waals surface area (Å²) in [6.07, 6.45) is 0. The summed E-state index contributed by atoms with van der Waals surface area (Å²) in [5.41, 5.74) is 4.46. The first-order valence-corrected chi connectivity index (χ1v) is 7.66. The Labute approximate surface area is 136 Å². The van der Waals surface area contributed by atoms with Crippen molar-refractivity contribution >= 4 is 11.8 Å². The molecular formula is C19H20N4. The smallest absolute Gasteiger partial charge is 0.224 e. The molecule has 1 heterocycles. The Morgan fingerprint density at radius 3 is 2.35 bits per heavy atom. The standard InChI is InChI=1S/C19H20N4/c1-14-8-10-15(11-9-14)13-21-18-12-17(22-19(20-2)23-18)16-6-4-3-5-7-16/h3-12H,13H2,1-2H3,(H2,20,21,22,23). The molecule has 3 aromatic rings. The third-order valence-corrected chi connectivity index (χ3v) is 3.61. The molecule has 1 aromatic heterocycles. The lowest BCUT2D eigenvalue weighted by atomic mass is 10.1. The molecule has 4 heteroatoms. The second-order valence-electron chi connectivity index (χ2n) is 5.42. The van der Waals surface area contributed by atoms with Crippen molar-refractivity contribution in [3.05, 3.63) is 71.8 Å². The molecule has 0 bridgehead atoms. The van der Waals surface area contributed by atoms with Gasteiger partial charge in [0.2, 0.25) is 5.95 Å². The Kier molecular flexibility index (Phi) is 4.52. The minimum Gasteiger partial charge on any atom is -0.366 e. The van der Waals surface area contributed by atoms with Crippen molar-refractivity contribution in [2.75, 3.05) is 17.7 Å². The number of nitrogens with zero attached hydrogens (tertiary/aromatic N) is 2. The minimum absolute atomic E-state index is 0.609. The molecule has 0 aliphatic rings. The molecule has 0 fully saturated rings. The number of rotatable bonds is 5. The average Bonchev–Trinajstić information content (AvgIpc) is 2.61. The molecule has 2 aromatic carbocycles. The highest BCUT2D eigenvalue weighted by Gasteiger charge is 2.05. The van der Waals surface area contributed by atoms with E-state index >= 15 is 0 Å². The summed E-state index contributed by atoms with van der Waals surface area (Å²) in [6.45, 7) is 2.82. The molecule has 0 atom stereocenters. The monoisotopic (exact) mass is 304 g/mol. The number of benzene rings is 2. The highest BCUT2D eigenvalue weighted by atomic mass is 15.1. The molecule has 0 spiro atoms. The maximum absolute atomic E-state index is 4.53. The van der Waals surface area contributed by atoms with Gasteiger partial charge >= 0.3 is 0 Å². The van der Waals surface area contributed by atoms with E-state index in [4.69, 9.17) is 0 Å². The number of anilines is 2. The van der Waals surface area contributed by atoms with Crippen molar-refractivity contribution in [3.8, 4) is 11.3 Å². The topological polar surface area (TPSA) is 49.8 Å².